The van der Waals surface area contributed by atoms with Crippen molar-refractivity contribution >= 4 is 22.6 Å². The van der Waals surface area contributed by atoms with E-state index in [1.807, 2.05) is 0 Å². The Labute approximate surface area is 107 Å². The fourth-order valence-corrected chi connectivity index (χ4v) is 2.72. The summed E-state index contributed by atoms with van der Waals surface area (Å²) in [5.41, 5.74) is 3.65. The molecule has 0 amide bonds. The molecular formula is C14H17ClN2. The first kappa shape index (κ1) is 11.1. The molecule has 0 aliphatic heterocycles. The molecule has 2 nitrogen and oxygen atoms in total. The largest absolute Gasteiger partial charge is 0.325 e. The van der Waals surface area contributed by atoms with Gasteiger partial charge in [-0.15, -0.1) is 11.6 Å². The Kier molecular flexibility index (Phi) is 2.62. The van der Waals surface area contributed by atoms with Crippen LogP contribution in [-0.4, -0.2) is 15.4 Å². The molecular weight excluding hydrogens is 232 g/mol. The molecule has 3 rings (SSSR count). The van der Waals surface area contributed by atoms with E-state index in [-0.39, 0.29) is 0 Å². The molecule has 2 aromatic rings. The maximum Gasteiger partial charge on any atom is 0.111 e. The second kappa shape index (κ2) is 4.02. The molecule has 0 spiro atoms. The van der Waals surface area contributed by atoms with Crippen molar-refractivity contribution in [2.45, 2.75) is 32.7 Å². The SMILES string of the molecule is Cc1ccc2c(c1)nc(CCCl)n2C1CC1C. The molecule has 0 bridgehead atoms. The van der Waals surface area contributed by atoms with Crippen LogP contribution in [0.5, 0.6) is 0 Å². The molecule has 1 saturated carbocycles. The molecule has 2 atom stereocenters. The van der Waals surface area contributed by atoms with E-state index in [0.717, 1.165) is 23.7 Å². The summed E-state index contributed by atoms with van der Waals surface area (Å²) in [6.07, 6.45) is 2.13. The first-order valence-electron chi connectivity index (χ1n) is 6.24. The highest BCUT2D eigenvalue weighted by atomic mass is 35.5. The first-order chi connectivity index (χ1) is 8.20. The predicted molar refractivity (Wildman–Crippen MR) is 71.7 cm³/mol. The molecule has 1 aliphatic carbocycles. The van der Waals surface area contributed by atoms with E-state index in [9.17, 15) is 0 Å². The van der Waals surface area contributed by atoms with Gasteiger partial charge in [0.25, 0.3) is 0 Å². The molecule has 2 unspecified atom stereocenters. The van der Waals surface area contributed by atoms with Gasteiger partial charge in [0.1, 0.15) is 5.82 Å². The second-order valence-corrected chi connectivity index (χ2v) is 5.49. The Morgan fingerprint density at radius 1 is 1.47 bits per heavy atom. The molecule has 1 heterocycles. The number of aryl methyl sites for hydroxylation is 2. The fourth-order valence-electron chi connectivity index (χ4n) is 2.55. The number of hydrogen-bond donors (Lipinski definition) is 0. The summed E-state index contributed by atoms with van der Waals surface area (Å²) >= 11 is 5.88. The van der Waals surface area contributed by atoms with Crippen LogP contribution in [0.2, 0.25) is 0 Å². The van der Waals surface area contributed by atoms with Crippen molar-refractivity contribution in [3.63, 3.8) is 0 Å². The van der Waals surface area contributed by atoms with Crippen molar-refractivity contribution in [1.29, 1.82) is 0 Å². The van der Waals surface area contributed by atoms with Gasteiger partial charge in [0, 0.05) is 18.3 Å². The summed E-state index contributed by atoms with van der Waals surface area (Å²) in [5, 5.41) is 0. The average Bonchev–Trinajstić information content (AvgIpc) is 2.88. The number of fused-ring (bicyclic) bond motifs is 1. The van der Waals surface area contributed by atoms with Gasteiger partial charge in [-0.3, -0.25) is 0 Å². The first-order valence-corrected chi connectivity index (χ1v) is 6.77. The molecule has 90 valence electrons. The number of alkyl halides is 1. The third kappa shape index (κ3) is 1.85. The van der Waals surface area contributed by atoms with E-state index in [4.69, 9.17) is 16.6 Å². The lowest BCUT2D eigenvalue weighted by molar-refractivity contribution is 0.665. The van der Waals surface area contributed by atoms with E-state index >= 15 is 0 Å². The summed E-state index contributed by atoms with van der Waals surface area (Å²) in [6.45, 7) is 4.41. The van der Waals surface area contributed by atoms with Crippen molar-refractivity contribution in [2.75, 3.05) is 5.88 Å². The van der Waals surface area contributed by atoms with Crippen molar-refractivity contribution in [2.24, 2.45) is 5.92 Å². The van der Waals surface area contributed by atoms with Gasteiger partial charge in [-0.25, -0.2) is 4.98 Å². The Bertz CT molecular complexity index is 559. The summed E-state index contributed by atoms with van der Waals surface area (Å²) in [5.74, 6) is 2.57. The van der Waals surface area contributed by atoms with E-state index in [1.165, 1.54) is 17.5 Å². The molecule has 1 aromatic heterocycles. The topological polar surface area (TPSA) is 17.8 Å². The van der Waals surface area contributed by atoms with E-state index in [0.29, 0.717) is 11.9 Å². The highest BCUT2D eigenvalue weighted by molar-refractivity contribution is 6.17. The number of aromatic nitrogens is 2. The van der Waals surface area contributed by atoms with Gasteiger partial charge in [0.05, 0.1) is 11.0 Å². The third-order valence-corrected chi connectivity index (χ3v) is 3.82. The molecule has 0 N–H and O–H groups in total. The van der Waals surface area contributed by atoms with E-state index in [2.05, 4.69) is 36.6 Å². The Balaban J connectivity index is 2.17. The lowest BCUT2D eigenvalue weighted by Gasteiger charge is -2.07. The second-order valence-electron chi connectivity index (χ2n) is 5.11. The number of imidazole rings is 1. The predicted octanol–water partition coefficient (Wildman–Crippen LogP) is 3.71. The molecule has 0 radical (unpaired) electrons. The van der Waals surface area contributed by atoms with Crippen LogP contribution in [0.25, 0.3) is 11.0 Å². The maximum absolute atomic E-state index is 5.88. The standard InChI is InChI=1S/C14H17ClN2/c1-9-3-4-12-11(7-9)16-14(5-6-15)17(12)13-8-10(13)2/h3-4,7,10,13H,5-6,8H2,1-2H3. The van der Waals surface area contributed by atoms with Gasteiger partial charge in [-0.2, -0.15) is 0 Å². The Morgan fingerprint density at radius 3 is 2.88 bits per heavy atom. The van der Waals surface area contributed by atoms with Gasteiger partial charge < -0.3 is 4.57 Å². The summed E-state index contributed by atoms with van der Waals surface area (Å²) < 4.78 is 2.40. The maximum atomic E-state index is 5.88. The van der Waals surface area contributed by atoms with Crippen LogP contribution in [0, 0.1) is 12.8 Å². The summed E-state index contributed by atoms with van der Waals surface area (Å²) in [7, 11) is 0. The summed E-state index contributed by atoms with van der Waals surface area (Å²) in [6, 6.07) is 7.16. The number of benzene rings is 1. The van der Waals surface area contributed by atoms with Crippen LogP contribution >= 0.6 is 11.6 Å². The number of hydrogen-bond acceptors (Lipinski definition) is 1. The quantitative estimate of drug-likeness (QED) is 0.758. The zero-order chi connectivity index (χ0) is 12.0. The van der Waals surface area contributed by atoms with Crippen LogP contribution in [0.4, 0.5) is 0 Å². The average molecular weight is 249 g/mol. The van der Waals surface area contributed by atoms with Gasteiger partial charge in [0.2, 0.25) is 0 Å². The minimum Gasteiger partial charge on any atom is -0.325 e. The van der Waals surface area contributed by atoms with E-state index < -0.39 is 0 Å². The molecule has 1 fully saturated rings. The van der Waals surface area contributed by atoms with Crippen molar-refractivity contribution in [1.82, 2.24) is 9.55 Å². The van der Waals surface area contributed by atoms with Crippen molar-refractivity contribution in [3.8, 4) is 0 Å². The Morgan fingerprint density at radius 2 is 2.24 bits per heavy atom. The van der Waals surface area contributed by atoms with Gasteiger partial charge in [-0.05, 0) is 37.0 Å². The van der Waals surface area contributed by atoms with Crippen LogP contribution in [0.1, 0.15) is 30.8 Å². The molecule has 17 heavy (non-hydrogen) atoms. The van der Waals surface area contributed by atoms with Crippen molar-refractivity contribution < 1.29 is 0 Å². The highest BCUT2D eigenvalue weighted by Crippen LogP contribution is 2.45. The minimum absolute atomic E-state index is 0.640. The number of nitrogens with zero attached hydrogens (tertiary/aromatic N) is 2. The van der Waals surface area contributed by atoms with Gasteiger partial charge in [0.15, 0.2) is 0 Å². The highest BCUT2D eigenvalue weighted by Gasteiger charge is 2.36. The zero-order valence-electron chi connectivity index (χ0n) is 10.3. The third-order valence-electron chi connectivity index (χ3n) is 3.63. The monoisotopic (exact) mass is 248 g/mol. The molecule has 1 aliphatic rings. The number of halogens is 1. The Hall–Kier alpha value is -1.02. The van der Waals surface area contributed by atoms with Gasteiger partial charge >= 0.3 is 0 Å². The minimum atomic E-state index is 0.640. The van der Waals surface area contributed by atoms with Gasteiger partial charge in [-0.1, -0.05) is 13.0 Å². The normalized spacial score (nSPS) is 23.2. The summed E-state index contributed by atoms with van der Waals surface area (Å²) in [4.78, 5) is 4.74. The molecule has 3 heteroatoms. The lowest BCUT2D eigenvalue weighted by atomic mass is 10.2. The van der Waals surface area contributed by atoms with Crippen LogP contribution in [-0.2, 0) is 6.42 Å². The molecule has 1 aromatic carbocycles. The van der Waals surface area contributed by atoms with Crippen LogP contribution < -0.4 is 0 Å². The lowest BCUT2D eigenvalue weighted by Crippen LogP contribution is -2.03. The van der Waals surface area contributed by atoms with Crippen LogP contribution in [0.15, 0.2) is 18.2 Å². The smallest absolute Gasteiger partial charge is 0.111 e. The fraction of sp³-hybridized carbons (Fsp3) is 0.500. The van der Waals surface area contributed by atoms with Crippen molar-refractivity contribution in [3.05, 3.63) is 29.6 Å². The number of rotatable bonds is 3. The van der Waals surface area contributed by atoms with Crippen LogP contribution in [0.3, 0.4) is 0 Å². The zero-order valence-corrected chi connectivity index (χ0v) is 11.0. The molecule has 0 saturated heterocycles. The van der Waals surface area contributed by atoms with E-state index in [1.54, 1.807) is 0 Å².